The largest absolute Gasteiger partial charge is 0.338 e. The van der Waals surface area contributed by atoms with Crippen LogP contribution >= 0.6 is 0 Å². The number of hydrogen-bond acceptors (Lipinski definition) is 5. The fraction of sp³-hybridized carbons (Fsp3) is 0.214. The van der Waals surface area contributed by atoms with Crippen molar-refractivity contribution in [3.8, 4) is 11.4 Å². The van der Waals surface area contributed by atoms with E-state index in [1.807, 2.05) is 24.5 Å². The van der Waals surface area contributed by atoms with Crippen LogP contribution in [-0.4, -0.2) is 15.1 Å². The van der Waals surface area contributed by atoms with Crippen LogP contribution in [0.3, 0.4) is 0 Å². The fourth-order valence-corrected chi connectivity index (χ4v) is 2.11. The molecule has 0 aliphatic rings. The third-order valence-corrected chi connectivity index (χ3v) is 3.12. The lowest BCUT2D eigenvalue weighted by Crippen LogP contribution is -1.95. The van der Waals surface area contributed by atoms with Crippen molar-refractivity contribution in [3.05, 3.63) is 42.0 Å². The smallest absolute Gasteiger partial charge is 0.240 e. The molecular formula is C14H14N4O. The van der Waals surface area contributed by atoms with Crippen molar-refractivity contribution < 1.29 is 4.52 Å². The van der Waals surface area contributed by atoms with Gasteiger partial charge in [-0.1, -0.05) is 24.2 Å². The van der Waals surface area contributed by atoms with E-state index in [1.54, 1.807) is 0 Å². The topological polar surface area (TPSA) is 77.8 Å². The molecule has 19 heavy (non-hydrogen) atoms. The van der Waals surface area contributed by atoms with Crippen LogP contribution in [0, 0.1) is 0 Å². The third kappa shape index (κ3) is 2.08. The molecule has 0 radical (unpaired) electrons. The molecule has 0 atom stereocenters. The minimum atomic E-state index is 0.252. The maximum Gasteiger partial charge on any atom is 0.240 e. The summed E-state index contributed by atoms with van der Waals surface area (Å²) in [5, 5.41) is 6.21. The maximum absolute atomic E-state index is 5.46. The van der Waals surface area contributed by atoms with Crippen LogP contribution in [0.25, 0.3) is 22.2 Å². The molecule has 0 unspecified atom stereocenters. The number of fused-ring (bicyclic) bond motifs is 1. The predicted octanol–water partition coefficient (Wildman–Crippen LogP) is 2.31. The first-order chi connectivity index (χ1) is 9.31. The van der Waals surface area contributed by atoms with Crippen LogP contribution in [-0.2, 0) is 13.0 Å². The lowest BCUT2D eigenvalue weighted by molar-refractivity contribution is 0.380. The van der Waals surface area contributed by atoms with Crippen molar-refractivity contribution in [3.63, 3.8) is 0 Å². The molecule has 5 nitrogen and oxygen atoms in total. The van der Waals surface area contributed by atoms with Gasteiger partial charge in [0.25, 0.3) is 0 Å². The van der Waals surface area contributed by atoms with Crippen molar-refractivity contribution in [2.24, 2.45) is 5.73 Å². The molecule has 0 aliphatic heterocycles. The van der Waals surface area contributed by atoms with Gasteiger partial charge in [0.1, 0.15) is 0 Å². The Hall–Kier alpha value is -2.27. The van der Waals surface area contributed by atoms with Gasteiger partial charge in [0.05, 0.1) is 6.54 Å². The van der Waals surface area contributed by atoms with E-state index in [-0.39, 0.29) is 6.54 Å². The van der Waals surface area contributed by atoms with Gasteiger partial charge in [0.15, 0.2) is 0 Å². The van der Waals surface area contributed by atoms with Gasteiger partial charge in [-0.25, -0.2) is 0 Å². The van der Waals surface area contributed by atoms with E-state index in [2.05, 4.69) is 28.1 Å². The Bertz CT molecular complexity index is 720. The average Bonchev–Trinajstić information content (AvgIpc) is 2.95. The van der Waals surface area contributed by atoms with E-state index in [9.17, 15) is 0 Å². The molecule has 0 spiro atoms. The first kappa shape index (κ1) is 11.8. The minimum absolute atomic E-state index is 0.252. The summed E-state index contributed by atoms with van der Waals surface area (Å²) in [6, 6.07) is 6.09. The number of aryl methyl sites for hydroxylation is 1. The highest BCUT2D eigenvalue weighted by Crippen LogP contribution is 2.24. The predicted molar refractivity (Wildman–Crippen MR) is 72.3 cm³/mol. The van der Waals surface area contributed by atoms with E-state index >= 15 is 0 Å². The molecule has 0 aliphatic carbocycles. The highest BCUT2D eigenvalue weighted by Gasteiger charge is 2.09. The summed E-state index contributed by atoms with van der Waals surface area (Å²) in [5.41, 5.74) is 7.61. The van der Waals surface area contributed by atoms with Gasteiger partial charge in [0.2, 0.25) is 11.7 Å². The molecular weight excluding hydrogens is 240 g/mol. The van der Waals surface area contributed by atoms with Gasteiger partial charge in [-0.05, 0) is 23.4 Å². The SMILES string of the molecule is CCc1cncc2cc(-c3noc(CN)n3)ccc12. The minimum Gasteiger partial charge on any atom is -0.338 e. The molecule has 2 heterocycles. The summed E-state index contributed by atoms with van der Waals surface area (Å²) in [4.78, 5) is 8.48. The van der Waals surface area contributed by atoms with Gasteiger partial charge >= 0.3 is 0 Å². The zero-order valence-electron chi connectivity index (χ0n) is 10.6. The summed E-state index contributed by atoms with van der Waals surface area (Å²) in [5.74, 6) is 1.000. The Balaban J connectivity index is 2.11. The molecule has 3 rings (SSSR count). The van der Waals surface area contributed by atoms with Gasteiger partial charge in [-0.3, -0.25) is 4.98 Å². The molecule has 0 fully saturated rings. The average molecular weight is 254 g/mol. The fourth-order valence-electron chi connectivity index (χ4n) is 2.11. The molecule has 2 aromatic heterocycles. The van der Waals surface area contributed by atoms with E-state index in [4.69, 9.17) is 10.3 Å². The van der Waals surface area contributed by atoms with Crippen molar-refractivity contribution in [1.82, 2.24) is 15.1 Å². The van der Waals surface area contributed by atoms with Crippen molar-refractivity contribution in [1.29, 1.82) is 0 Å². The summed E-state index contributed by atoms with van der Waals surface area (Å²) in [6.45, 7) is 2.37. The molecule has 1 aromatic carbocycles. The molecule has 5 heteroatoms. The summed E-state index contributed by atoms with van der Waals surface area (Å²) in [6.07, 6.45) is 4.72. The first-order valence-corrected chi connectivity index (χ1v) is 6.21. The maximum atomic E-state index is 5.46. The zero-order chi connectivity index (χ0) is 13.2. The number of pyridine rings is 1. The Kier molecular flexibility index (Phi) is 2.97. The molecule has 2 N–H and O–H groups in total. The van der Waals surface area contributed by atoms with Gasteiger partial charge in [0, 0.05) is 23.3 Å². The summed E-state index contributed by atoms with van der Waals surface area (Å²) >= 11 is 0. The number of nitrogens with zero attached hydrogens (tertiary/aromatic N) is 3. The van der Waals surface area contributed by atoms with Crippen LogP contribution in [0.15, 0.2) is 35.1 Å². The summed E-state index contributed by atoms with van der Waals surface area (Å²) < 4.78 is 5.02. The van der Waals surface area contributed by atoms with Gasteiger partial charge < -0.3 is 10.3 Å². The number of nitrogens with two attached hydrogens (primary N) is 1. The van der Waals surface area contributed by atoms with Crippen LogP contribution < -0.4 is 5.73 Å². The molecule has 0 saturated carbocycles. The van der Waals surface area contributed by atoms with Crippen LogP contribution in [0.2, 0.25) is 0 Å². The van der Waals surface area contributed by atoms with E-state index < -0.39 is 0 Å². The van der Waals surface area contributed by atoms with E-state index in [0.717, 1.165) is 17.4 Å². The Morgan fingerprint density at radius 3 is 2.89 bits per heavy atom. The van der Waals surface area contributed by atoms with Crippen LogP contribution in [0.4, 0.5) is 0 Å². The van der Waals surface area contributed by atoms with Crippen molar-refractivity contribution >= 4 is 10.8 Å². The quantitative estimate of drug-likeness (QED) is 0.776. The normalized spacial score (nSPS) is 11.1. The standard InChI is InChI=1S/C14H14N4O/c1-2-9-7-16-8-11-5-10(3-4-12(9)11)14-17-13(6-15)19-18-14/h3-5,7-8H,2,6,15H2,1H3. The second-order valence-electron chi connectivity index (χ2n) is 4.30. The second-order valence-corrected chi connectivity index (χ2v) is 4.30. The van der Waals surface area contributed by atoms with Crippen molar-refractivity contribution in [2.45, 2.75) is 19.9 Å². The van der Waals surface area contributed by atoms with E-state index in [1.165, 1.54) is 10.9 Å². The van der Waals surface area contributed by atoms with Crippen LogP contribution in [0.5, 0.6) is 0 Å². The zero-order valence-corrected chi connectivity index (χ0v) is 10.6. The lowest BCUT2D eigenvalue weighted by Gasteiger charge is -2.04. The summed E-state index contributed by atoms with van der Waals surface area (Å²) in [7, 11) is 0. The molecule has 0 bridgehead atoms. The molecule has 96 valence electrons. The lowest BCUT2D eigenvalue weighted by atomic mass is 10.0. The van der Waals surface area contributed by atoms with Gasteiger partial charge in [-0.2, -0.15) is 4.98 Å². The van der Waals surface area contributed by atoms with Gasteiger partial charge in [-0.15, -0.1) is 0 Å². The Morgan fingerprint density at radius 2 is 2.16 bits per heavy atom. The molecule has 3 aromatic rings. The molecule has 0 saturated heterocycles. The number of aromatic nitrogens is 3. The number of hydrogen-bond donors (Lipinski definition) is 1. The number of benzene rings is 1. The highest BCUT2D eigenvalue weighted by molar-refractivity contribution is 5.88. The Morgan fingerprint density at radius 1 is 1.26 bits per heavy atom. The van der Waals surface area contributed by atoms with E-state index in [0.29, 0.717) is 11.7 Å². The highest BCUT2D eigenvalue weighted by atomic mass is 16.5. The Labute approximate surface area is 110 Å². The number of rotatable bonds is 3. The third-order valence-electron chi connectivity index (χ3n) is 3.12. The second kappa shape index (κ2) is 4.78. The van der Waals surface area contributed by atoms with Crippen LogP contribution in [0.1, 0.15) is 18.4 Å². The van der Waals surface area contributed by atoms with Crippen molar-refractivity contribution in [2.75, 3.05) is 0 Å². The first-order valence-electron chi connectivity index (χ1n) is 6.21. The molecule has 0 amide bonds. The monoisotopic (exact) mass is 254 g/mol.